The number of nitrogens with one attached hydrogen (secondary N) is 2. The maximum absolute atomic E-state index is 12.4. The fraction of sp³-hybridized carbons (Fsp3) is 0.125. The fourth-order valence-electron chi connectivity index (χ4n) is 3.36. The molecule has 0 radical (unpaired) electrons. The first kappa shape index (κ1) is 20.9. The number of azo groups is 1. The maximum Gasteiger partial charge on any atom is 0.292 e. The SMILES string of the molecule is COc1ccc(OC)c(-c2[nH][nH]c(=O)c2N=Nc2ccc(-c3ccccc3)c(OC)c2)c1. The van der Waals surface area contributed by atoms with E-state index in [1.165, 1.54) is 0 Å². The number of aromatic nitrogens is 2. The molecule has 0 bridgehead atoms. The van der Waals surface area contributed by atoms with Gasteiger partial charge in [0, 0.05) is 17.2 Å². The first-order valence-electron chi connectivity index (χ1n) is 9.83. The number of nitrogens with zero attached hydrogens (tertiary/aromatic N) is 2. The van der Waals surface area contributed by atoms with Crippen molar-refractivity contribution >= 4 is 11.4 Å². The third-order valence-corrected chi connectivity index (χ3v) is 4.96. The van der Waals surface area contributed by atoms with E-state index in [1.54, 1.807) is 45.6 Å². The Balaban J connectivity index is 1.72. The van der Waals surface area contributed by atoms with Crippen LogP contribution in [-0.4, -0.2) is 31.5 Å². The minimum atomic E-state index is -0.401. The monoisotopic (exact) mass is 430 g/mol. The molecule has 4 aromatic rings. The van der Waals surface area contributed by atoms with Gasteiger partial charge in [-0.3, -0.25) is 15.0 Å². The van der Waals surface area contributed by atoms with Gasteiger partial charge in [0.05, 0.1) is 32.7 Å². The Morgan fingerprint density at radius 3 is 2.22 bits per heavy atom. The third-order valence-electron chi connectivity index (χ3n) is 4.96. The minimum Gasteiger partial charge on any atom is -0.497 e. The van der Waals surface area contributed by atoms with E-state index in [-0.39, 0.29) is 5.69 Å². The Labute approximate surface area is 184 Å². The van der Waals surface area contributed by atoms with E-state index < -0.39 is 5.56 Å². The van der Waals surface area contributed by atoms with Crippen LogP contribution < -0.4 is 19.8 Å². The molecule has 0 aliphatic rings. The number of hydrogen-bond donors (Lipinski definition) is 2. The van der Waals surface area contributed by atoms with Crippen molar-refractivity contribution in [3.05, 3.63) is 77.1 Å². The average Bonchev–Trinajstić information content (AvgIpc) is 3.22. The van der Waals surface area contributed by atoms with E-state index in [2.05, 4.69) is 20.4 Å². The molecule has 32 heavy (non-hydrogen) atoms. The zero-order valence-electron chi connectivity index (χ0n) is 17.9. The Kier molecular flexibility index (Phi) is 6.03. The van der Waals surface area contributed by atoms with E-state index in [0.29, 0.717) is 34.2 Å². The van der Waals surface area contributed by atoms with Crippen molar-refractivity contribution < 1.29 is 14.2 Å². The normalized spacial score (nSPS) is 11.0. The maximum atomic E-state index is 12.4. The van der Waals surface area contributed by atoms with Crippen molar-refractivity contribution in [2.24, 2.45) is 10.2 Å². The first-order chi connectivity index (χ1) is 15.6. The van der Waals surface area contributed by atoms with E-state index in [9.17, 15) is 4.79 Å². The van der Waals surface area contributed by atoms with Gasteiger partial charge in [-0.2, -0.15) is 5.11 Å². The molecule has 0 saturated heterocycles. The Bertz CT molecular complexity index is 1310. The van der Waals surface area contributed by atoms with Gasteiger partial charge in [0.15, 0.2) is 5.69 Å². The standard InChI is InChI=1S/C24H22N4O4/c1-30-17-10-12-20(31-2)19(14-17)22-23(24(29)28-26-22)27-25-16-9-11-18(21(13-16)32-3)15-7-5-4-6-8-15/h4-14H,1-3H3,(H2,26,28,29). The highest BCUT2D eigenvalue weighted by Crippen LogP contribution is 2.37. The van der Waals surface area contributed by atoms with Crippen LogP contribution in [0.1, 0.15) is 0 Å². The van der Waals surface area contributed by atoms with E-state index in [1.807, 2.05) is 42.5 Å². The molecule has 2 N–H and O–H groups in total. The van der Waals surface area contributed by atoms with Crippen LogP contribution in [0, 0.1) is 0 Å². The Morgan fingerprint density at radius 1 is 0.719 bits per heavy atom. The lowest BCUT2D eigenvalue weighted by atomic mass is 10.0. The number of benzene rings is 3. The van der Waals surface area contributed by atoms with Crippen molar-refractivity contribution in [1.29, 1.82) is 0 Å². The zero-order chi connectivity index (χ0) is 22.5. The fourth-order valence-corrected chi connectivity index (χ4v) is 3.36. The lowest BCUT2D eigenvalue weighted by Crippen LogP contribution is -1.96. The molecule has 3 aromatic carbocycles. The number of methoxy groups -OCH3 is 3. The van der Waals surface area contributed by atoms with Crippen LogP contribution in [0.15, 0.2) is 81.8 Å². The summed E-state index contributed by atoms with van der Waals surface area (Å²) in [6.45, 7) is 0. The van der Waals surface area contributed by atoms with Gasteiger partial charge in [-0.05, 0) is 35.9 Å². The summed E-state index contributed by atoms with van der Waals surface area (Å²) in [6.07, 6.45) is 0. The number of H-pyrrole nitrogens is 2. The summed E-state index contributed by atoms with van der Waals surface area (Å²) in [4.78, 5) is 12.4. The second-order valence-electron chi connectivity index (χ2n) is 6.82. The zero-order valence-corrected chi connectivity index (χ0v) is 17.9. The molecule has 0 unspecified atom stereocenters. The van der Waals surface area contributed by atoms with Gasteiger partial charge in [0.2, 0.25) is 0 Å². The number of aromatic amines is 2. The van der Waals surface area contributed by atoms with Crippen molar-refractivity contribution in [1.82, 2.24) is 10.2 Å². The largest absolute Gasteiger partial charge is 0.497 e. The summed E-state index contributed by atoms with van der Waals surface area (Å²) >= 11 is 0. The van der Waals surface area contributed by atoms with E-state index in [0.717, 1.165) is 11.1 Å². The van der Waals surface area contributed by atoms with Crippen LogP contribution in [0.3, 0.4) is 0 Å². The van der Waals surface area contributed by atoms with Gasteiger partial charge >= 0.3 is 0 Å². The lowest BCUT2D eigenvalue weighted by molar-refractivity contribution is 0.404. The molecule has 8 heteroatoms. The van der Waals surface area contributed by atoms with Gasteiger partial charge in [0.1, 0.15) is 17.2 Å². The lowest BCUT2D eigenvalue weighted by Gasteiger charge is -2.10. The van der Waals surface area contributed by atoms with Gasteiger partial charge in [-0.25, -0.2) is 0 Å². The summed E-state index contributed by atoms with van der Waals surface area (Å²) in [6, 6.07) is 20.7. The van der Waals surface area contributed by atoms with Gasteiger partial charge in [0.25, 0.3) is 5.56 Å². The third kappa shape index (κ3) is 4.11. The molecule has 4 rings (SSSR count). The minimum absolute atomic E-state index is 0.127. The smallest absolute Gasteiger partial charge is 0.292 e. The summed E-state index contributed by atoms with van der Waals surface area (Å²) in [7, 11) is 4.73. The van der Waals surface area contributed by atoms with Crippen molar-refractivity contribution in [2.75, 3.05) is 21.3 Å². The highest BCUT2D eigenvalue weighted by atomic mass is 16.5. The van der Waals surface area contributed by atoms with Crippen molar-refractivity contribution in [3.8, 4) is 39.6 Å². The van der Waals surface area contributed by atoms with Crippen LogP contribution in [0.2, 0.25) is 0 Å². The molecule has 0 fully saturated rings. The first-order valence-corrected chi connectivity index (χ1v) is 9.83. The molecule has 0 atom stereocenters. The van der Waals surface area contributed by atoms with Crippen molar-refractivity contribution in [3.63, 3.8) is 0 Å². The summed E-state index contributed by atoms with van der Waals surface area (Å²) < 4.78 is 16.3. The molecule has 1 heterocycles. The topological polar surface area (TPSA) is 101 Å². The number of ether oxygens (including phenoxy) is 3. The van der Waals surface area contributed by atoms with Crippen LogP contribution in [0.5, 0.6) is 17.2 Å². The number of rotatable bonds is 7. The molecule has 0 aliphatic carbocycles. The molecule has 8 nitrogen and oxygen atoms in total. The second kappa shape index (κ2) is 9.22. The Hall–Kier alpha value is -4.33. The quantitative estimate of drug-likeness (QED) is 0.379. The molecule has 0 spiro atoms. The molecule has 0 amide bonds. The molecule has 162 valence electrons. The van der Waals surface area contributed by atoms with Gasteiger partial charge < -0.3 is 14.2 Å². The summed E-state index contributed by atoms with van der Waals surface area (Å²) in [5.41, 5.74) is 3.31. The molecule has 0 aliphatic heterocycles. The Morgan fingerprint density at radius 2 is 1.50 bits per heavy atom. The van der Waals surface area contributed by atoms with E-state index in [4.69, 9.17) is 14.2 Å². The number of hydrogen-bond acceptors (Lipinski definition) is 6. The van der Waals surface area contributed by atoms with Crippen molar-refractivity contribution in [2.45, 2.75) is 0 Å². The highest BCUT2D eigenvalue weighted by Gasteiger charge is 2.17. The van der Waals surface area contributed by atoms with Crippen LogP contribution in [0.4, 0.5) is 11.4 Å². The summed E-state index contributed by atoms with van der Waals surface area (Å²) in [5.74, 6) is 1.84. The van der Waals surface area contributed by atoms with Crippen LogP contribution in [-0.2, 0) is 0 Å². The van der Waals surface area contributed by atoms with Gasteiger partial charge in [-0.15, -0.1) is 5.11 Å². The predicted molar refractivity (Wildman–Crippen MR) is 123 cm³/mol. The predicted octanol–water partition coefficient (Wildman–Crippen LogP) is 5.48. The van der Waals surface area contributed by atoms with Crippen LogP contribution in [0.25, 0.3) is 22.4 Å². The molecular formula is C24H22N4O4. The van der Waals surface area contributed by atoms with E-state index >= 15 is 0 Å². The summed E-state index contributed by atoms with van der Waals surface area (Å²) in [5, 5.41) is 13.9. The average molecular weight is 430 g/mol. The van der Waals surface area contributed by atoms with Gasteiger partial charge in [-0.1, -0.05) is 30.3 Å². The second-order valence-corrected chi connectivity index (χ2v) is 6.82. The molecule has 1 aromatic heterocycles. The molecule has 0 saturated carbocycles. The molecular weight excluding hydrogens is 408 g/mol. The van der Waals surface area contributed by atoms with Crippen LogP contribution >= 0.6 is 0 Å². The highest BCUT2D eigenvalue weighted by molar-refractivity contribution is 5.77.